The number of benzene rings is 1. The van der Waals surface area contributed by atoms with E-state index in [0.29, 0.717) is 30.3 Å². The molecular weight excluding hydrogens is 242 g/mol. The lowest BCUT2D eigenvalue weighted by Crippen LogP contribution is -2.16. The molecule has 1 aromatic heterocycles. The molecule has 3 rings (SSSR count). The second kappa shape index (κ2) is 4.51. The van der Waals surface area contributed by atoms with E-state index in [9.17, 15) is 5.11 Å². The fourth-order valence-electron chi connectivity index (χ4n) is 2.36. The van der Waals surface area contributed by atoms with E-state index >= 15 is 0 Å². The first-order valence-electron chi connectivity index (χ1n) is 6.18. The molecular formula is C14H15N3O2. The van der Waals surface area contributed by atoms with E-state index in [1.807, 2.05) is 19.1 Å². The number of anilines is 1. The molecule has 0 fully saturated rings. The molecule has 0 atom stereocenters. The maximum atomic E-state index is 10.1. The molecule has 1 aliphatic rings. The maximum Gasteiger partial charge on any atom is 0.151 e. The van der Waals surface area contributed by atoms with E-state index in [1.165, 1.54) is 0 Å². The molecule has 3 N–H and O–H groups in total. The normalized spacial score (nSPS) is 14.2. The Bertz CT molecular complexity index is 641. The van der Waals surface area contributed by atoms with Gasteiger partial charge < -0.3 is 15.6 Å². The van der Waals surface area contributed by atoms with Crippen molar-refractivity contribution in [2.45, 2.75) is 20.0 Å². The molecule has 19 heavy (non-hydrogen) atoms. The third-order valence-electron chi connectivity index (χ3n) is 3.37. The standard InChI is InChI=1S/C14H15N3O2/c1-8-2-3-10(12(18)6-8)13-9-4-5-19-7-11(9)14(15)17-16-13/h2-3,6,18H,4-5,7H2,1H3,(H2,15,17). The van der Waals surface area contributed by atoms with E-state index in [1.54, 1.807) is 6.07 Å². The molecule has 0 bridgehead atoms. The highest BCUT2D eigenvalue weighted by Gasteiger charge is 2.21. The Morgan fingerprint density at radius 3 is 2.89 bits per heavy atom. The molecule has 0 amide bonds. The molecule has 5 heteroatoms. The number of aromatic nitrogens is 2. The number of rotatable bonds is 1. The molecule has 0 saturated carbocycles. The summed E-state index contributed by atoms with van der Waals surface area (Å²) in [5, 5.41) is 18.2. The van der Waals surface area contributed by atoms with Crippen LogP contribution in [0.4, 0.5) is 5.82 Å². The zero-order valence-corrected chi connectivity index (χ0v) is 10.7. The minimum Gasteiger partial charge on any atom is -0.507 e. The van der Waals surface area contributed by atoms with Crippen molar-refractivity contribution >= 4 is 5.82 Å². The number of nitrogens with two attached hydrogens (primary N) is 1. The number of fused-ring (bicyclic) bond motifs is 1. The van der Waals surface area contributed by atoms with Crippen molar-refractivity contribution in [1.29, 1.82) is 0 Å². The van der Waals surface area contributed by atoms with Crippen LogP contribution in [0.1, 0.15) is 16.7 Å². The molecule has 2 aromatic rings. The first-order chi connectivity index (χ1) is 9.16. The highest BCUT2D eigenvalue weighted by Crippen LogP contribution is 2.34. The van der Waals surface area contributed by atoms with Gasteiger partial charge in [-0.1, -0.05) is 6.07 Å². The highest BCUT2D eigenvalue weighted by atomic mass is 16.5. The van der Waals surface area contributed by atoms with Gasteiger partial charge in [0.1, 0.15) is 11.4 Å². The van der Waals surface area contributed by atoms with Gasteiger partial charge in [0.05, 0.1) is 13.2 Å². The molecule has 0 saturated heterocycles. The maximum absolute atomic E-state index is 10.1. The second-order valence-electron chi connectivity index (χ2n) is 4.71. The van der Waals surface area contributed by atoms with E-state index in [0.717, 1.165) is 23.1 Å². The van der Waals surface area contributed by atoms with Gasteiger partial charge in [-0.2, -0.15) is 0 Å². The zero-order chi connectivity index (χ0) is 13.4. The number of aryl methyl sites for hydroxylation is 1. The number of hydrogen-bond acceptors (Lipinski definition) is 5. The van der Waals surface area contributed by atoms with Gasteiger partial charge >= 0.3 is 0 Å². The van der Waals surface area contributed by atoms with E-state index in [4.69, 9.17) is 10.5 Å². The predicted octanol–water partition coefficient (Wildman–Crippen LogP) is 1.81. The van der Waals surface area contributed by atoms with Gasteiger partial charge in [-0.05, 0) is 36.6 Å². The summed E-state index contributed by atoms with van der Waals surface area (Å²) in [7, 11) is 0. The molecule has 0 radical (unpaired) electrons. The molecule has 1 aliphatic heterocycles. The molecule has 1 aromatic carbocycles. The first-order valence-corrected chi connectivity index (χ1v) is 6.18. The Kier molecular flexibility index (Phi) is 2.83. The van der Waals surface area contributed by atoms with Crippen molar-refractivity contribution in [1.82, 2.24) is 10.2 Å². The van der Waals surface area contributed by atoms with E-state index in [2.05, 4.69) is 10.2 Å². The summed E-state index contributed by atoms with van der Waals surface area (Å²) < 4.78 is 5.41. The van der Waals surface area contributed by atoms with Crippen LogP contribution in [0.15, 0.2) is 18.2 Å². The van der Waals surface area contributed by atoms with Gasteiger partial charge in [0.2, 0.25) is 0 Å². The molecule has 5 nitrogen and oxygen atoms in total. The quantitative estimate of drug-likeness (QED) is 0.814. The molecule has 0 spiro atoms. The van der Waals surface area contributed by atoms with Gasteiger partial charge in [0, 0.05) is 11.1 Å². The van der Waals surface area contributed by atoms with Gasteiger partial charge in [0.25, 0.3) is 0 Å². The van der Waals surface area contributed by atoms with Crippen LogP contribution in [-0.4, -0.2) is 21.9 Å². The minimum absolute atomic E-state index is 0.216. The molecule has 0 aliphatic carbocycles. The summed E-state index contributed by atoms with van der Waals surface area (Å²) in [4.78, 5) is 0. The average molecular weight is 257 g/mol. The van der Waals surface area contributed by atoms with Crippen LogP contribution in [0.5, 0.6) is 5.75 Å². The van der Waals surface area contributed by atoms with E-state index < -0.39 is 0 Å². The van der Waals surface area contributed by atoms with E-state index in [-0.39, 0.29) is 5.75 Å². The molecule has 0 unspecified atom stereocenters. The summed E-state index contributed by atoms with van der Waals surface area (Å²) in [6.45, 7) is 3.02. The summed E-state index contributed by atoms with van der Waals surface area (Å²) in [6, 6.07) is 5.53. The minimum atomic E-state index is 0.216. The summed E-state index contributed by atoms with van der Waals surface area (Å²) >= 11 is 0. The van der Waals surface area contributed by atoms with Crippen LogP contribution in [0.2, 0.25) is 0 Å². The number of hydrogen-bond donors (Lipinski definition) is 2. The van der Waals surface area contributed by atoms with Gasteiger partial charge in [0.15, 0.2) is 5.82 Å². The van der Waals surface area contributed by atoms with Crippen molar-refractivity contribution in [3.8, 4) is 17.0 Å². The summed E-state index contributed by atoms with van der Waals surface area (Å²) in [5.74, 6) is 0.623. The van der Waals surface area contributed by atoms with Crippen molar-refractivity contribution in [3.05, 3.63) is 34.9 Å². The van der Waals surface area contributed by atoms with Crippen LogP contribution in [0, 0.1) is 6.92 Å². The van der Waals surface area contributed by atoms with Crippen LogP contribution in [0.3, 0.4) is 0 Å². The third kappa shape index (κ3) is 2.02. The number of nitrogens with zero attached hydrogens (tertiary/aromatic N) is 2. The largest absolute Gasteiger partial charge is 0.507 e. The molecule has 98 valence electrons. The number of ether oxygens (including phenoxy) is 1. The predicted molar refractivity (Wildman–Crippen MR) is 71.6 cm³/mol. The van der Waals surface area contributed by atoms with Crippen molar-refractivity contribution in [3.63, 3.8) is 0 Å². The Morgan fingerprint density at radius 2 is 2.11 bits per heavy atom. The molecule has 2 heterocycles. The lowest BCUT2D eigenvalue weighted by molar-refractivity contribution is 0.111. The lowest BCUT2D eigenvalue weighted by Gasteiger charge is -2.20. The first kappa shape index (κ1) is 11.9. The van der Waals surface area contributed by atoms with Gasteiger partial charge in [-0.25, -0.2) is 0 Å². The van der Waals surface area contributed by atoms with Crippen LogP contribution in [-0.2, 0) is 17.8 Å². The smallest absolute Gasteiger partial charge is 0.151 e. The van der Waals surface area contributed by atoms with Crippen molar-refractivity contribution in [2.24, 2.45) is 0 Å². The van der Waals surface area contributed by atoms with Gasteiger partial charge in [-0.15, -0.1) is 10.2 Å². The average Bonchev–Trinajstić information content (AvgIpc) is 2.41. The topological polar surface area (TPSA) is 81.3 Å². The number of phenols is 1. The Hall–Kier alpha value is -2.14. The fraction of sp³-hybridized carbons (Fsp3) is 0.286. The van der Waals surface area contributed by atoms with Crippen molar-refractivity contribution in [2.75, 3.05) is 12.3 Å². The SMILES string of the molecule is Cc1ccc(-c2nnc(N)c3c2CCOC3)c(O)c1. The number of nitrogen functional groups attached to an aromatic ring is 1. The summed E-state index contributed by atoms with van der Waals surface area (Å²) in [6.07, 6.45) is 0.734. The number of phenolic OH excluding ortho intramolecular Hbond substituents is 1. The Labute approximate surface area is 111 Å². The highest BCUT2D eigenvalue weighted by molar-refractivity contribution is 5.72. The summed E-state index contributed by atoms with van der Waals surface area (Å²) in [5.41, 5.74) is 10.1. The van der Waals surface area contributed by atoms with Gasteiger partial charge in [-0.3, -0.25) is 0 Å². The zero-order valence-electron chi connectivity index (χ0n) is 10.7. The van der Waals surface area contributed by atoms with Crippen LogP contribution >= 0.6 is 0 Å². The fourth-order valence-corrected chi connectivity index (χ4v) is 2.36. The lowest BCUT2D eigenvalue weighted by atomic mass is 9.97. The Morgan fingerprint density at radius 1 is 1.26 bits per heavy atom. The van der Waals surface area contributed by atoms with Crippen LogP contribution < -0.4 is 5.73 Å². The number of aromatic hydroxyl groups is 1. The van der Waals surface area contributed by atoms with Crippen molar-refractivity contribution < 1.29 is 9.84 Å². The Balaban J connectivity index is 2.20. The third-order valence-corrected chi connectivity index (χ3v) is 3.37. The van der Waals surface area contributed by atoms with Crippen LogP contribution in [0.25, 0.3) is 11.3 Å². The monoisotopic (exact) mass is 257 g/mol. The second-order valence-corrected chi connectivity index (χ2v) is 4.71.